The number of ether oxygens (including phenoxy) is 6. The van der Waals surface area contributed by atoms with E-state index in [9.17, 15) is 77.3 Å². The van der Waals surface area contributed by atoms with Crippen LogP contribution in [0.15, 0.2) is 107 Å². The zero-order valence-electron chi connectivity index (χ0n) is 70.5. The summed E-state index contributed by atoms with van der Waals surface area (Å²) in [6.07, 6.45) is 1.13. The number of halogens is 2. The van der Waals surface area contributed by atoms with Crippen LogP contribution >= 0.6 is 0 Å². The van der Waals surface area contributed by atoms with Gasteiger partial charge in [0, 0.05) is 81.8 Å². The van der Waals surface area contributed by atoms with Gasteiger partial charge in [-0.1, -0.05) is 79.7 Å². The number of cyclic esters (lactones) is 2. The van der Waals surface area contributed by atoms with E-state index in [-0.39, 0.29) is 110 Å². The summed E-state index contributed by atoms with van der Waals surface area (Å²) in [4.78, 5) is 198. The van der Waals surface area contributed by atoms with Crippen LogP contribution in [0.5, 0.6) is 11.5 Å². The van der Waals surface area contributed by atoms with Gasteiger partial charge in [-0.05, 0) is 122 Å². The molecular formula is C88H94F2N14O22. The van der Waals surface area contributed by atoms with Crippen LogP contribution < -0.4 is 63.1 Å². The van der Waals surface area contributed by atoms with Crippen LogP contribution in [-0.4, -0.2) is 174 Å². The Morgan fingerprint density at radius 1 is 0.524 bits per heavy atom. The van der Waals surface area contributed by atoms with E-state index in [1.165, 1.54) is 76.4 Å². The van der Waals surface area contributed by atoms with Gasteiger partial charge in [0.15, 0.2) is 47.8 Å². The van der Waals surface area contributed by atoms with E-state index < -0.39 is 168 Å². The lowest BCUT2D eigenvalue weighted by molar-refractivity contribution is -0.172. The Morgan fingerprint density at radius 2 is 0.913 bits per heavy atom. The summed E-state index contributed by atoms with van der Waals surface area (Å²) in [5.41, 5.74) is 2.26. The second kappa shape index (κ2) is 37.3. The molecule has 10 N–H and O–H groups in total. The predicted molar refractivity (Wildman–Crippen MR) is 447 cm³/mol. The van der Waals surface area contributed by atoms with Crippen molar-refractivity contribution in [3.8, 4) is 34.3 Å². The molecule has 0 fully saturated rings. The molecule has 0 aliphatic carbocycles. The highest BCUT2D eigenvalue weighted by molar-refractivity contribution is 6.13. The Balaban J connectivity index is 0.537. The van der Waals surface area contributed by atoms with Gasteiger partial charge in [-0.2, -0.15) is 0 Å². The number of aromatic nitrogens is 4. The summed E-state index contributed by atoms with van der Waals surface area (Å²) < 4.78 is 66.7. The molecule has 10 amide bonds. The first-order valence-electron chi connectivity index (χ1n) is 41.0. The smallest absolute Gasteiger partial charge is 0.410 e. The summed E-state index contributed by atoms with van der Waals surface area (Å²) in [6, 6.07) is 15.9. The van der Waals surface area contributed by atoms with Gasteiger partial charge in [-0.15, -0.1) is 0 Å². The van der Waals surface area contributed by atoms with Gasteiger partial charge in [0.1, 0.15) is 50.6 Å². The molecular weight excluding hydrogens is 1640 g/mol. The number of rotatable bonds is 33. The number of hydrogen-bond acceptors (Lipinski definition) is 25. The number of amides is 10. The van der Waals surface area contributed by atoms with Crippen molar-refractivity contribution in [2.45, 2.75) is 170 Å². The fraction of sp³-hybridized carbons (Fsp3) is 0.386. The number of aryl methyl sites for hydroxylation is 2. The summed E-state index contributed by atoms with van der Waals surface area (Å²) in [5, 5.41) is 44.4. The maximum absolute atomic E-state index is 15.7. The van der Waals surface area contributed by atoms with E-state index >= 15 is 8.78 Å². The lowest BCUT2D eigenvalue weighted by atomic mass is 9.86. The third kappa shape index (κ3) is 18.5. The molecule has 9 heterocycles. The highest BCUT2D eigenvalue weighted by atomic mass is 19.1. The fourth-order valence-electron chi connectivity index (χ4n) is 15.7. The third-order valence-corrected chi connectivity index (χ3v) is 22.8. The molecule has 0 saturated carbocycles. The Kier molecular flexibility index (Phi) is 26.6. The van der Waals surface area contributed by atoms with Crippen LogP contribution in [0, 0.1) is 23.5 Å². The molecule has 4 aromatic heterocycles. The average molecular weight is 1740 g/mol. The molecule has 0 radical (unpaired) electrons. The van der Waals surface area contributed by atoms with Gasteiger partial charge in [0.25, 0.3) is 22.9 Å². The molecule has 5 aliphatic rings. The number of esters is 2. The molecule has 0 saturated heterocycles. The number of carbonyl (C=O) groups excluding carboxylic acids is 12. The zero-order valence-corrected chi connectivity index (χ0v) is 70.5. The molecule has 0 bridgehead atoms. The minimum absolute atomic E-state index is 0.0352. The SMILES string of the molecule is CCc1c2c(nc3cc(F)c(OCNC(=O)OCc4ccc(NC(=O)[C@H](C)NC(=O)[C@@H](NC(=O)CN(CCN5C(=O)C=CC5=O)CC(=O)N[C@H](C(=O)N[C@@H](C)C(=O)Nc5ccc(COC(=O)NCOc6cc7c(CC)c8c(nc7cc6F)-c6cc7c(c(=O)n6C8)COC(=O)[C@]7(O)CC)cc5)C(C)C)C(C)C)cc4)cc13)-c1cc3c(c(=O)n1C2)COC(=O)[C@]3(O)CC. The van der Waals surface area contributed by atoms with Gasteiger partial charge in [0.2, 0.25) is 35.4 Å². The molecule has 8 aromatic rings. The maximum Gasteiger partial charge on any atom is 0.410 e. The van der Waals surface area contributed by atoms with Crippen molar-refractivity contribution in [3.05, 3.63) is 185 Å². The minimum atomic E-state index is -2.03. The van der Waals surface area contributed by atoms with Crippen molar-refractivity contribution in [3.63, 3.8) is 0 Å². The van der Waals surface area contributed by atoms with Gasteiger partial charge >= 0.3 is 24.1 Å². The molecule has 6 atom stereocenters. The van der Waals surface area contributed by atoms with E-state index in [1.807, 2.05) is 13.8 Å². The number of aliphatic hydroxyl groups is 2. The normalized spacial score (nSPS) is 16.7. The number of imide groups is 1. The first-order valence-corrected chi connectivity index (χ1v) is 41.0. The van der Waals surface area contributed by atoms with Crippen molar-refractivity contribution in [2.75, 3.05) is 50.3 Å². The Labute approximate surface area is 718 Å². The molecule has 4 aromatic carbocycles. The van der Waals surface area contributed by atoms with E-state index in [4.69, 9.17) is 38.4 Å². The number of hydrogen-bond donors (Lipinski definition) is 10. The van der Waals surface area contributed by atoms with Gasteiger partial charge in [-0.25, -0.2) is 37.9 Å². The van der Waals surface area contributed by atoms with Crippen LogP contribution in [0.25, 0.3) is 44.6 Å². The van der Waals surface area contributed by atoms with E-state index in [1.54, 1.807) is 77.9 Å². The maximum atomic E-state index is 15.7. The second-order valence-corrected chi connectivity index (χ2v) is 31.7. The Bertz CT molecular complexity index is 5600. The third-order valence-electron chi connectivity index (χ3n) is 22.8. The molecule has 662 valence electrons. The molecule has 36 nitrogen and oxygen atoms in total. The standard InChI is InChI=1S/C88H94F2N14O22/c1-11-51-53-27-67(61(89)31-63(53)97-75-55(51)33-103-65(75)29-59-57(81(103)113)39-121-83(115)87(59,119)13-3)125-41-91-85(117)123-37-47-15-19-49(20-16-47)95-77(109)45(9)93-79(111)73(43(5)6)99-69(105)35-101(25-26-102-71(107)23-24-72(102)108)36-70(106)100-74(44(7)8)80(112)94-46(10)78(110)96-50-21-17-48(18-22-50)38-124-86(118)92-42-126-68-28-54-52(12-2)56-34-104-66(76(56)98-64(54)32-62(68)90)30-60-58(82(104)114)40-122-84(116)88(60,120)14-4/h15-24,27-32,43-46,73-74,119-120H,11-14,25-26,33-42H2,1-10H3,(H,91,117)(H,92,118)(H,93,111)(H,94,112)(H,95,109)(H,96,110)(H,99,105)(H,100,106)/t45-,46-,73-,74-,87-,88-/m0/s1. The van der Waals surface area contributed by atoms with E-state index in [2.05, 4.69) is 42.5 Å². The second-order valence-electron chi connectivity index (χ2n) is 31.7. The van der Waals surface area contributed by atoms with E-state index in [0.717, 1.165) is 28.2 Å². The van der Waals surface area contributed by atoms with Crippen LogP contribution in [-0.2, 0) is 130 Å². The number of alkyl carbamates (subject to hydrolysis) is 2. The number of nitrogens with one attached hydrogen (secondary N) is 8. The van der Waals surface area contributed by atoms with Gasteiger partial charge in [0.05, 0.1) is 71.1 Å². The van der Waals surface area contributed by atoms with Crippen molar-refractivity contribution in [2.24, 2.45) is 11.8 Å². The number of anilines is 2. The van der Waals surface area contributed by atoms with Gasteiger partial charge < -0.3 is 79.7 Å². The average Bonchev–Trinajstić information content (AvgIpc) is 1.56. The molecule has 0 unspecified atom stereocenters. The van der Waals surface area contributed by atoms with Crippen molar-refractivity contribution < 1.29 is 105 Å². The number of carbonyl (C=O) groups is 12. The summed E-state index contributed by atoms with van der Waals surface area (Å²) in [6.45, 7) is 12.9. The van der Waals surface area contributed by atoms with Crippen LogP contribution in [0.4, 0.5) is 29.7 Å². The van der Waals surface area contributed by atoms with Crippen LogP contribution in [0.3, 0.4) is 0 Å². The Morgan fingerprint density at radius 3 is 1.28 bits per heavy atom. The summed E-state index contributed by atoms with van der Waals surface area (Å²) in [5.74, 6) is -10.5. The van der Waals surface area contributed by atoms with Gasteiger partial charge in [-0.3, -0.25) is 68.4 Å². The number of benzene rings is 4. The largest absolute Gasteiger partial charge is 0.470 e. The minimum Gasteiger partial charge on any atom is -0.470 e. The zero-order chi connectivity index (χ0) is 90.7. The monoisotopic (exact) mass is 1740 g/mol. The summed E-state index contributed by atoms with van der Waals surface area (Å²) in [7, 11) is 0. The Hall–Kier alpha value is -13.9. The van der Waals surface area contributed by atoms with Crippen molar-refractivity contribution in [1.82, 2.24) is 60.8 Å². The molecule has 5 aliphatic heterocycles. The molecule has 38 heteroatoms. The summed E-state index contributed by atoms with van der Waals surface area (Å²) >= 11 is 0. The van der Waals surface area contributed by atoms with Crippen molar-refractivity contribution in [1.29, 1.82) is 0 Å². The highest BCUT2D eigenvalue weighted by Crippen LogP contribution is 2.44. The highest BCUT2D eigenvalue weighted by Gasteiger charge is 2.48. The fourth-order valence-corrected chi connectivity index (χ4v) is 15.7. The first kappa shape index (κ1) is 89.9. The lowest BCUT2D eigenvalue weighted by Gasteiger charge is -2.31. The number of nitrogens with zero attached hydrogens (tertiary/aromatic N) is 6. The lowest BCUT2D eigenvalue weighted by Crippen LogP contribution is -2.57. The topological polar surface area (TPSA) is 473 Å². The van der Waals surface area contributed by atoms with Crippen LogP contribution in [0.1, 0.15) is 138 Å². The first-order chi connectivity index (χ1) is 60.0. The predicted octanol–water partition coefficient (Wildman–Crippen LogP) is 5.50. The van der Waals surface area contributed by atoms with Crippen molar-refractivity contribution >= 4 is 105 Å². The van der Waals surface area contributed by atoms with Crippen LogP contribution in [0.2, 0.25) is 0 Å². The number of fused-ring (bicyclic) bond motifs is 10. The molecule has 0 spiro atoms. The molecule has 126 heavy (non-hydrogen) atoms. The number of pyridine rings is 4. The van der Waals surface area contributed by atoms with E-state index in [0.29, 0.717) is 80.0 Å². The molecule has 13 rings (SSSR count). The quantitative estimate of drug-likeness (QED) is 0.0105.